The van der Waals surface area contributed by atoms with Crippen molar-refractivity contribution in [3.8, 4) is 23.0 Å². The molecule has 1 aliphatic rings. The number of carbonyl (C=O) groups excluding carboxylic acids is 2. The lowest BCUT2D eigenvalue weighted by Crippen LogP contribution is -2.52. The summed E-state index contributed by atoms with van der Waals surface area (Å²) in [6.07, 6.45) is -0.508. The number of rotatable bonds is 16. The quantitative estimate of drug-likeness (QED) is 0.0987. The number of ether oxygens (including phenoxy) is 6. The number of amides is 1. The van der Waals surface area contributed by atoms with E-state index in [1.807, 2.05) is 24.3 Å². The van der Waals surface area contributed by atoms with Crippen LogP contribution < -0.4 is 29.8 Å². The normalized spacial score (nSPS) is 17.1. The second-order valence-corrected chi connectivity index (χ2v) is 13.2. The van der Waals surface area contributed by atoms with Gasteiger partial charge < -0.3 is 33.5 Å². The van der Waals surface area contributed by atoms with Gasteiger partial charge in [-0.3, -0.25) is 15.0 Å². The van der Waals surface area contributed by atoms with Gasteiger partial charge in [0, 0.05) is 48.2 Å². The van der Waals surface area contributed by atoms with E-state index < -0.39 is 29.1 Å². The monoisotopic (exact) mass is 741 g/mol. The van der Waals surface area contributed by atoms with Crippen LogP contribution in [0.1, 0.15) is 62.8 Å². The summed E-state index contributed by atoms with van der Waals surface area (Å²) in [6.45, 7) is 5.89. The summed E-state index contributed by atoms with van der Waals surface area (Å²) in [6, 6.07) is 18.0. The minimum Gasteiger partial charge on any atom is -0.496 e. The van der Waals surface area contributed by atoms with Crippen LogP contribution in [-0.4, -0.2) is 68.6 Å². The maximum atomic E-state index is 14.4. The number of hydrazine groups is 1. The van der Waals surface area contributed by atoms with Gasteiger partial charge >= 0.3 is 5.97 Å². The maximum absolute atomic E-state index is 14.4. The van der Waals surface area contributed by atoms with E-state index in [1.54, 1.807) is 64.3 Å². The topological polar surface area (TPSA) is 146 Å². The highest BCUT2D eigenvalue weighted by molar-refractivity contribution is 9.10. The predicted octanol–water partition coefficient (Wildman–Crippen LogP) is 5.44. The number of halogens is 1. The minimum atomic E-state index is -1.59. The highest BCUT2D eigenvalue weighted by Gasteiger charge is 2.53. The third-order valence-corrected chi connectivity index (χ3v) is 8.15. The summed E-state index contributed by atoms with van der Waals surface area (Å²) in [4.78, 5) is 32.4. The molecule has 0 fully saturated rings. The van der Waals surface area contributed by atoms with E-state index in [0.29, 0.717) is 52.7 Å². The number of aliphatic hydroxyl groups is 1. The van der Waals surface area contributed by atoms with Crippen LogP contribution in [0, 0.1) is 0 Å². The summed E-state index contributed by atoms with van der Waals surface area (Å²) in [7, 11) is 4.61. The van der Waals surface area contributed by atoms with Crippen molar-refractivity contribution >= 4 is 33.7 Å². The molecule has 0 spiro atoms. The molecule has 4 rings (SSSR count). The van der Waals surface area contributed by atoms with Crippen molar-refractivity contribution in [1.29, 1.82) is 0 Å². The SMILES string of the molecule is COc1cc(OC)c(CNNC(=O)[C@@]2(CCC(=O)OC(C)(C)C)N=C(c3ccc(OCCCO)cc3)O[C@H]2c2ccc(Br)cc2)c(OC)c1. The van der Waals surface area contributed by atoms with E-state index in [4.69, 9.17) is 38.5 Å². The van der Waals surface area contributed by atoms with Crippen molar-refractivity contribution in [3.63, 3.8) is 0 Å². The average Bonchev–Trinajstić information content (AvgIpc) is 3.48. The number of nitrogens with zero attached hydrogens (tertiary/aromatic N) is 1. The van der Waals surface area contributed by atoms with E-state index in [9.17, 15) is 9.59 Å². The van der Waals surface area contributed by atoms with Crippen molar-refractivity contribution in [2.24, 2.45) is 4.99 Å². The molecule has 3 aromatic carbocycles. The summed E-state index contributed by atoms with van der Waals surface area (Å²) in [5.41, 5.74) is 5.47. The van der Waals surface area contributed by atoms with Gasteiger partial charge in [0.05, 0.1) is 33.5 Å². The number of benzene rings is 3. The Morgan fingerprint density at radius 3 is 2.18 bits per heavy atom. The van der Waals surface area contributed by atoms with Crippen LogP contribution in [0.5, 0.6) is 23.0 Å². The standard InChI is InChI=1S/C36H44BrN3O9/c1-35(2,3)49-31(42)16-17-36(34(43)40-38-22-28-29(45-5)20-27(44-4)21-30(28)46-6)32(23-8-12-25(37)13-9-23)48-33(39-36)24-10-14-26(15-11-24)47-19-7-18-41/h8-15,20-21,32,38,41H,7,16-19,22H2,1-6H3,(H,40,43)/t32-,36-/m0/s1. The second-order valence-electron chi connectivity index (χ2n) is 12.2. The fourth-order valence-electron chi connectivity index (χ4n) is 5.27. The Bertz CT molecular complexity index is 1580. The van der Waals surface area contributed by atoms with Crippen LogP contribution in [0.2, 0.25) is 0 Å². The lowest BCUT2D eigenvalue weighted by atomic mass is 9.83. The van der Waals surface area contributed by atoms with Crippen LogP contribution in [0.15, 0.2) is 70.1 Å². The molecule has 1 aliphatic heterocycles. The van der Waals surface area contributed by atoms with Crippen molar-refractivity contribution < 1.29 is 43.1 Å². The first-order chi connectivity index (χ1) is 23.4. The van der Waals surface area contributed by atoms with Gasteiger partial charge in [0.15, 0.2) is 11.6 Å². The minimum absolute atomic E-state index is 0.0167. The third kappa shape index (κ3) is 9.64. The number of esters is 1. The Morgan fingerprint density at radius 1 is 0.959 bits per heavy atom. The molecular formula is C36H44BrN3O9. The molecule has 49 heavy (non-hydrogen) atoms. The maximum Gasteiger partial charge on any atom is 0.306 e. The van der Waals surface area contributed by atoms with E-state index in [-0.39, 0.29) is 31.9 Å². The fourth-order valence-corrected chi connectivity index (χ4v) is 5.53. The average molecular weight is 743 g/mol. The second kappa shape index (κ2) is 16.9. The highest BCUT2D eigenvalue weighted by Crippen LogP contribution is 2.44. The highest BCUT2D eigenvalue weighted by atomic mass is 79.9. The number of carbonyl (C=O) groups is 2. The van der Waals surface area contributed by atoms with Crippen LogP contribution in [0.25, 0.3) is 0 Å². The van der Waals surface area contributed by atoms with Gasteiger partial charge in [0.2, 0.25) is 5.90 Å². The van der Waals surface area contributed by atoms with E-state index in [1.165, 1.54) is 14.2 Å². The predicted molar refractivity (Wildman–Crippen MR) is 187 cm³/mol. The van der Waals surface area contributed by atoms with Crippen molar-refractivity contribution in [1.82, 2.24) is 10.9 Å². The molecule has 1 heterocycles. The zero-order valence-electron chi connectivity index (χ0n) is 28.6. The van der Waals surface area contributed by atoms with Crippen LogP contribution in [0.3, 0.4) is 0 Å². The zero-order valence-corrected chi connectivity index (χ0v) is 30.2. The van der Waals surface area contributed by atoms with Crippen LogP contribution in [-0.2, 0) is 25.6 Å². The van der Waals surface area contributed by atoms with Gasteiger partial charge in [-0.2, -0.15) is 0 Å². The van der Waals surface area contributed by atoms with Gasteiger partial charge in [-0.05, 0) is 69.2 Å². The summed E-state index contributed by atoms with van der Waals surface area (Å²) >= 11 is 3.48. The lowest BCUT2D eigenvalue weighted by Gasteiger charge is -2.31. The van der Waals surface area contributed by atoms with Gasteiger partial charge in [-0.25, -0.2) is 10.4 Å². The van der Waals surface area contributed by atoms with E-state index >= 15 is 0 Å². The molecule has 0 unspecified atom stereocenters. The first-order valence-corrected chi connectivity index (χ1v) is 16.6. The Labute approximate surface area is 295 Å². The first-order valence-electron chi connectivity index (χ1n) is 15.8. The van der Waals surface area contributed by atoms with Crippen molar-refractivity contribution in [2.75, 3.05) is 34.5 Å². The number of aliphatic imine (C=N–C) groups is 1. The third-order valence-electron chi connectivity index (χ3n) is 7.62. The van der Waals surface area contributed by atoms with Gasteiger partial charge in [-0.1, -0.05) is 28.1 Å². The molecule has 0 radical (unpaired) electrons. The summed E-state index contributed by atoms with van der Waals surface area (Å²) < 4.78 is 35.1. The molecule has 0 aliphatic carbocycles. The number of methoxy groups -OCH3 is 3. The molecule has 3 aromatic rings. The number of aliphatic hydroxyl groups excluding tert-OH is 1. The molecule has 13 heteroatoms. The number of hydrogen-bond acceptors (Lipinski definition) is 11. The fraction of sp³-hybridized carbons (Fsp3) is 0.417. The number of hydrogen-bond donors (Lipinski definition) is 3. The summed E-state index contributed by atoms with van der Waals surface area (Å²) in [5.74, 6) is 1.40. The number of nitrogens with one attached hydrogen (secondary N) is 2. The van der Waals surface area contributed by atoms with Crippen molar-refractivity contribution in [3.05, 3.63) is 81.8 Å². The molecular weight excluding hydrogens is 698 g/mol. The Kier molecular flexibility index (Phi) is 12.9. The molecule has 0 saturated carbocycles. The first kappa shape index (κ1) is 37.5. The largest absolute Gasteiger partial charge is 0.496 e. The smallest absolute Gasteiger partial charge is 0.306 e. The van der Waals surface area contributed by atoms with Gasteiger partial charge in [0.25, 0.3) is 5.91 Å². The molecule has 3 N–H and O–H groups in total. The van der Waals surface area contributed by atoms with Gasteiger partial charge in [0.1, 0.15) is 28.6 Å². The molecule has 0 aromatic heterocycles. The zero-order chi connectivity index (χ0) is 35.6. The molecule has 12 nitrogen and oxygen atoms in total. The van der Waals surface area contributed by atoms with Crippen LogP contribution in [0.4, 0.5) is 0 Å². The Hall–Kier alpha value is -4.33. The summed E-state index contributed by atoms with van der Waals surface area (Å²) in [5, 5.41) is 9.07. The molecule has 0 bridgehead atoms. The molecule has 1 amide bonds. The van der Waals surface area contributed by atoms with E-state index in [2.05, 4.69) is 26.8 Å². The van der Waals surface area contributed by atoms with Crippen molar-refractivity contribution in [2.45, 2.75) is 63.8 Å². The Balaban J connectivity index is 1.71. The molecule has 0 saturated heterocycles. The van der Waals surface area contributed by atoms with Gasteiger partial charge in [-0.15, -0.1) is 0 Å². The lowest BCUT2D eigenvalue weighted by molar-refractivity contribution is -0.155. The Morgan fingerprint density at radius 2 is 1.61 bits per heavy atom. The molecule has 264 valence electrons. The van der Waals surface area contributed by atoms with E-state index in [0.717, 1.165) is 4.47 Å². The van der Waals surface area contributed by atoms with Crippen LogP contribution >= 0.6 is 15.9 Å². The molecule has 2 atom stereocenters.